The Hall–Kier alpha value is -0.720. The van der Waals surface area contributed by atoms with Crippen LogP contribution in [0.5, 0.6) is 0 Å². The molecule has 0 aliphatic carbocycles. The second-order valence-electron chi connectivity index (χ2n) is 5.40. The minimum absolute atomic E-state index is 0.470. The zero-order chi connectivity index (χ0) is 14.1. The van der Waals surface area contributed by atoms with Crippen molar-refractivity contribution in [3.8, 4) is 0 Å². The number of piperidine rings is 1. The van der Waals surface area contributed by atoms with Gasteiger partial charge in [-0.05, 0) is 60.0 Å². The van der Waals surface area contributed by atoms with Gasteiger partial charge in [0.25, 0.3) is 0 Å². The van der Waals surface area contributed by atoms with Crippen LogP contribution >= 0.6 is 28.1 Å². The van der Waals surface area contributed by atoms with Crippen molar-refractivity contribution in [1.29, 1.82) is 0 Å². The highest BCUT2D eigenvalue weighted by atomic mass is 79.9. The highest BCUT2D eigenvalue weighted by Crippen LogP contribution is 2.27. The highest BCUT2D eigenvalue weighted by Gasteiger charge is 2.22. The van der Waals surface area contributed by atoms with Crippen molar-refractivity contribution in [1.82, 2.24) is 19.4 Å². The molecule has 1 fully saturated rings. The van der Waals surface area contributed by atoms with Gasteiger partial charge in [0.05, 0.1) is 5.52 Å². The Morgan fingerprint density at radius 3 is 2.90 bits per heavy atom. The summed E-state index contributed by atoms with van der Waals surface area (Å²) >= 11 is 8.95. The highest BCUT2D eigenvalue weighted by molar-refractivity contribution is 9.10. The van der Waals surface area contributed by atoms with Gasteiger partial charge < -0.3 is 9.88 Å². The fraction of sp³-hybridized carbons (Fsp3) is 0.571. The zero-order valence-corrected chi connectivity index (χ0v) is 14.0. The van der Waals surface area contributed by atoms with Gasteiger partial charge >= 0.3 is 0 Å². The van der Waals surface area contributed by atoms with E-state index < -0.39 is 0 Å². The monoisotopic (exact) mass is 354 g/mol. The third-order valence-electron chi connectivity index (χ3n) is 3.98. The average molecular weight is 355 g/mol. The van der Waals surface area contributed by atoms with E-state index in [1.807, 2.05) is 12.3 Å². The van der Waals surface area contributed by atoms with E-state index in [0.717, 1.165) is 46.3 Å². The largest absolute Gasteiger partial charge is 0.329 e. The quantitative estimate of drug-likeness (QED) is 0.849. The van der Waals surface area contributed by atoms with Gasteiger partial charge in [0.15, 0.2) is 10.4 Å². The first-order chi connectivity index (χ1) is 9.69. The Balaban J connectivity index is 1.88. The van der Waals surface area contributed by atoms with Crippen molar-refractivity contribution in [3.63, 3.8) is 0 Å². The summed E-state index contributed by atoms with van der Waals surface area (Å²) in [5.74, 6) is 0. The van der Waals surface area contributed by atoms with E-state index in [1.54, 1.807) is 0 Å². The molecule has 0 atom stereocenters. The third-order valence-corrected chi connectivity index (χ3v) is 4.72. The molecule has 0 radical (unpaired) electrons. The van der Waals surface area contributed by atoms with Crippen LogP contribution in [-0.4, -0.2) is 39.1 Å². The first-order valence-corrected chi connectivity index (χ1v) is 8.37. The Morgan fingerprint density at radius 1 is 1.45 bits per heavy atom. The number of hydrogen-bond acceptors (Lipinski definition) is 3. The third kappa shape index (κ3) is 2.69. The molecule has 3 rings (SSSR count). The van der Waals surface area contributed by atoms with Crippen LogP contribution in [0.4, 0.5) is 0 Å². The van der Waals surface area contributed by atoms with Gasteiger partial charge in [0.2, 0.25) is 0 Å². The molecule has 2 aromatic rings. The van der Waals surface area contributed by atoms with Crippen molar-refractivity contribution < 1.29 is 0 Å². The second-order valence-corrected chi connectivity index (χ2v) is 6.70. The van der Waals surface area contributed by atoms with Crippen LogP contribution in [0.3, 0.4) is 0 Å². The number of likely N-dealkylation sites (tertiary alicyclic amines) is 1. The molecule has 0 aromatic carbocycles. The number of H-pyrrole nitrogens is 1. The molecule has 0 bridgehead atoms. The van der Waals surface area contributed by atoms with Gasteiger partial charge in [-0.2, -0.15) is 0 Å². The van der Waals surface area contributed by atoms with Crippen LogP contribution in [0.1, 0.15) is 32.2 Å². The Kier molecular flexibility index (Phi) is 4.23. The van der Waals surface area contributed by atoms with Gasteiger partial charge in [-0.15, -0.1) is 0 Å². The van der Waals surface area contributed by atoms with Crippen LogP contribution in [0, 0.1) is 4.77 Å². The van der Waals surface area contributed by atoms with Crippen molar-refractivity contribution in [2.24, 2.45) is 0 Å². The van der Waals surface area contributed by atoms with Crippen LogP contribution in [-0.2, 0) is 0 Å². The van der Waals surface area contributed by atoms with Gasteiger partial charge in [0.1, 0.15) is 0 Å². The lowest BCUT2D eigenvalue weighted by atomic mass is 10.0. The van der Waals surface area contributed by atoms with E-state index in [4.69, 9.17) is 12.2 Å². The standard InChI is InChI=1S/C14H19BrN4S/c1-2-5-18-6-3-11(4-7-18)19-13-12(17-14(19)20)8-10(15)9-16-13/h8-9,11H,2-7H2,1H3,(H,17,20). The summed E-state index contributed by atoms with van der Waals surface area (Å²) in [4.78, 5) is 10.4. The molecule has 1 N–H and O–H groups in total. The molecule has 0 amide bonds. The van der Waals surface area contributed by atoms with Gasteiger partial charge in [0, 0.05) is 29.8 Å². The summed E-state index contributed by atoms with van der Waals surface area (Å²) in [6.07, 6.45) is 5.37. The van der Waals surface area contributed by atoms with E-state index in [9.17, 15) is 0 Å². The maximum Gasteiger partial charge on any atom is 0.179 e. The first kappa shape index (κ1) is 14.2. The number of rotatable bonds is 3. The van der Waals surface area contributed by atoms with Gasteiger partial charge in [-0.25, -0.2) is 4.98 Å². The molecule has 0 unspecified atom stereocenters. The van der Waals surface area contributed by atoms with E-state index >= 15 is 0 Å². The molecule has 1 saturated heterocycles. The van der Waals surface area contributed by atoms with Crippen LogP contribution in [0.2, 0.25) is 0 Å². The lowest BCUT2D eigenvalue weighted by Crippen LogP contribution is -2.35. The SMILES string of the molecule is CCCN1CCC(n2c(=S)[nH]c3cc(Br)cnc32)CC1. The maximum atomic E-state index is 5.50. The molecule has 2 aromatic heterocycles. The van der Waals surface area contributed by atoms with Crippen LogP contribution in [0.15, 0.2) is 16.7 Å². The molecule has 108 valence electrons. The number of aromatic nitrogens is 3. The molecule has 0 saturated carbocycles. The minimum atomic E-state index is 0.470. The molecule has 3 heterocycles. The number of nitrogens with zero attached hydrogens (tertiary/aromatic N) is 3. The normalized spacial score (nSPS) is 17.9. The summed E-state index contributed by atoms with van der Waals surface area (Å²) in [6, 6.07) is 2.51. The zero-order valence-electron chi connectivity index (χ0n) is 11.6. The molecule has 20 heavy (non-hydrogen) atoms. The molecule has 1 aliphatic heterocycles. The molecular weight excluding hydrogens is 336 g/mol. The van der Waals surface area contributed by atoms with Gasteiger partial charge in [-0.3, -0.25) is 4.57 Å². The Labute approximate surface area is 132 Å². The van der Waals surface area contributed by atoms with E-state index in [-0.39, 0.29) is 0 Å². The number of aromatic amines is 1. The maximum absolute atomic E-state index is 5.50. The number of imidazole rings is 1. The number of fused-ring (bicyclic) bond motifs is 1. The van der Waals surface area contributed by atoms with Crippen molar-refractivity contribution in [2.45, 2.75) is 32.2 Å². The lowest BCUT2D eigenvalue weighted by molar-refractivity contribution is 0.188. The smallest absolute Gasteiger partial charge is 0.179 e. The Morgan fingerprint density at radius 2 is 2.20 bits per heavy atom. The molecule has 1 aliphatic rings. The minimum Gasteiger partial charge on any atom is -0.329 e. The number of halogens is 1. The first-order valence-electron chi connectivity index (χ1n) is 7.17. The van der Waals surface area contributed by atoms with E-state index in [2.05, 4.69) is 42.3 Å². The summed E-state index contributed by atoms with van der Waals surface area (Å²) < 4.78 is 3.98. The summed E-state index contributed by atoms with van der Waals surface area (Å²) in [6.45, 7) is 5.76. The van der Waals surface area contributed by atoms with Crippen molar-refractivity contribution in [2.75, 3.05) is 19.6 Å². The predicted octanol–water partition coefficient (Wildman–Crippen LogP) is 3.90. The van der Waals surface area contributed by atoms with Crippen molar-refractivity contribution >= 4 is 39.3 Å². The fourth-order valence-corrected chi connectivity index (χ4v) is 3.72. The second kappa shape index (κ2) is 5.95. The number of hydrogen-bond donors (Lipinski definition) is 1. The average Bonchev–Trinajstić information content (AvgIpc) is 2.75. The molecule has 4 nitrogen and oxygen atoms in total. The lowest BCUT2D eigenvalue weighted by Gasteiger charge is -2.32. The van der Waals surface area contributed by atoms with E-state index in [1.165, 1.54) is 13.0 Å². The van der Waals surface area contributed by atoms with Crippen molar-refractivity contribution in [3.05, 3.63) is 21.5 Å². The fourth-order valence-electron chi connectivity index (χ4n) is 3.04. The summed E-state index contributed by atoms with van der Waals surface area (Å²) in [5, 5.41) is 0. The van der Waals surface area contributed by atoms with Crippen LogP contribution < -0.4 is 0 Å². The van der Waals surface area contributed by atoms with E-state index in [0.29, 0.717) is 6.04 Å². The predicted molar refractivity (Wildman–Crippen MR) is 87.6 cm³/mol. The topological polar surface area (TPSA) is 36.9 Å². The molecular formula is C14H19BrN4S. The number of nitrogens with one attached hydrogen (secondary N) is 1. The molecule has 0 spiro atoms. The molecule has 6 heteroatoms. The van der Waals surface area contributed by atoms with Gasteiger partial charge in [-0.1, -0.05) is 6.92 Å². The summed E-state index contributed by atoms with van der Waals surface area (Å²) in [5.41, 5.74) is 1.99. The number of pyridine rings is 1. The summed E-state index contributed by atoms with van der Waals surface area (Å²) in [7, 11) is 0. The van der Waals surface area contributed by atoms with Crippen LogP contribution in [0.25, 0.3) is 11.2 Å². The Bertz CT molecular complexity index is 655.